The number of ether oxygens (including phenoxy) is 1. The van der Waals surface area contributed by atoms with E-state index in [1.54, 1.807) is 0 Å². The van der Waals surface area contributed by atoms with E-state index in [1.807, 2.05) is 30.3 Å². The first-order chi connectivity index (χ1) is 11.2. The van der Waals surface area contributed by atoms with E-state index < -0.39 is 0 Å². The SMILES string of the molecule is Cc1ccc(COc2ccc(CCNC(=O)CC#N)cc2)cc1. The van der Waals surface area contributed by atoms with Crippen molar-refractivity contribution in [1.82, 2.24) is 5.32 Å². The van der Waals surface area contributed by atoms with Gasteiger partial charge >= 0.3 is 0 Å². The van der Waals surface area contributed by atoms with Gasteiger partial charge in [0, 0.05) is 6.54 Å². The molecule has 118 valence electrons. The van der Waals surface area contributed by atoms with Crippen LogP contribution in [0.15, 0.2) is 48.5 Å². The molecule has 1 N–H and O–H groups in total. The zero-order valence-corrected chi connectivity index (χ0v) is 13.2. The third kappa shape index (κ3) is 5.84. The van der Waals surface area contributed by atoms with Crippen LogP contribution in [0.4, 0.5) is 0 Å². The molecule has 0 atom stereocenters. The summed E-state index contributed by atoms with van der Waals surface area (Å²) in [5.74, 6) is 0.591. The number of nitrogens with one attached hydrogen (secondary N) is 1. The highest BCUT2D eigenvalue weighted by atomic mass is 16.5. The molecule has 0 aliphatic heterocycles. The van der Waals surface area contributed by atoms with Crippen LogP contribution in [-0.2, 0) is 17.8 Å². The Balaban J connectivity index is 1.77. The van der Waals surface area contributed by atoms with Crippen LogP contribution >= 0.6 is 0 Å². The molecule has 0 aliphatic carbocycles. The Hall–Kier alpha value is -2.80. The molecular weight excluding hydrogens is 288 g/mol. The van der Waals surface area contributed by atoms with E-state index in [0.717, 1.165) is 23.3 Å². The van der Waals surface area contributed by atoms with Gasteiger partial charge in [-0.15, -0.1) is 0 Å². The molecule has 0 radical (unpaired) electrons. The van der Waals surface area contributed by atoms with Gasteiger partial charge in [-0.3, -0.25) is 4.79 Å². The summed E-state index contributed by atoms with van der Waals surface area (Å²) >= 11 is 0. The molecule has 0 bridgehead atoms. The lowest BCUT2D eigenvalue weighted by Crippen LogP contribution is -2.24. The van der Waals surface area contributed by atoms with Crippen molar-refractivity contribution in [3.8, 4) is 11.8 Å². The number of hydrogen-bond acceptors (Lipinski definition) is 3. The second kappa shape index (κ2) is 8.60. The van der Waals surface area contributed by atoms with Crippen LogP contribution in [0.5, 0.6) is 5.75 Å². The summed E-state index contributed by atoms with van der Waals surface area (Å²) in [7, 11) is 0. The van der Waals surface area contributed by atoms with E-state index >= 15 is 0 Å². The maximum absolute atomic E-state index is 11.2. The van der Waals surface area contributed by atoms with Gasteiger partial charge in [-0.05, 0) is 36.6 Å². The molecule has 0 saturated heterocycles. The Morgan fingerprint density at radius 1 is 1.09 bits per heavy atom. The van der Waals surface area contributed by atoms with Crippen molar-refractivity contribution in [3.63, 3.8) is 0 Å². The quantitative estimate of drug-likeness (QED) is 0.854. The second-order valence-corrected chi connectivity index (χ2v) is 5.35. The number of carbonyl (C=O) groups is 1. The standard InChI is InChI=1S/C19H20N2O2/c1-15-2-4-17(5-3-15)14-23-18-8-6-16(7-9-18)11-13-21-19(22)10-12-20/h2-9H,10-11,13-14H2,1H3,(H,21,22). The maximum atomic E-state index is 11.2. The number of amides is 1. The molecule has 0 aromatic heterocycles. The molecule has 0 heterocycles. The average molecular weight is 308 g/mol. The number of benzene rings is 2. The second-order valence-electron chi connectivity index (χ2n) is 5.35. The molecule has 0 aliphatic rings. The molecule has 4 heteroatoms. The topological polar surface area (TPSA) is 62.1 Å². The van der Waals surface area contributed by atoms with Crippen molar-refractivity contribution in [2.45, 2.75) is 26.4 Å². The van der Waals surface area contributed by atoms with Crippen molar-refractivity contribution in [1.29, 1.82) is 5.26 Å². The van der Waals surface area contributed by atoms with Crippen LogP contribution in [0.3, 0.4) is 0 Å². The van der Waals surface area contributed by atoms with Crippen LogP contribution < -0.4 is 10.1 Å². The highest BCUT2D eigenvalue weighted by molar-refractivity contribution is 5.77. The molecule has 0 spiro atoms. The minimum absolute atomic E-state index is 0.0915. The Morgan fingerprint density at radius 3 is 2.39 bits per heavy atom. The smallest absolute Gasteiger partial charge is 0.234 e. The van der Waals surface area contributed by atoms with Crippen LogP contribution in [0.2, 0.25) is 0 Å². The summed E-state index contributed by atoms with van der Waals surface area (Å²) < 4.78 is 5.76. The van der Waals surface area contributed by atoms with Crippen molar-refractivity contribution in [2.24, 2.45) is 0 Å². The fourth-order valence-electron chi connectivity index (χ4n) is 2.08. The summed E-state index contributed by atoms with van der Waals surface area (Å²) in [6.45, 7) is 3.14. The number of rotatable bonds is 7. The molecule has 0 saturated carbocycles. The van der Waals surface area contributed by atoms with E-state index in [9.17, 15) is 4.79 Å². The molecule has 2 aromatic rings. The van der Waals surface area contributed by atoms with Gasteiger partial charge in [0.25, 0.3) is 0 Å². The summed E-state index contributed by atoms with van der Waals surface area (Å²) in [5.41, 5.74) is 3.49. The Bertz CT molecular complexity index is 670. The molecule has 4 nitrogen and oxygen atoms in total. The zero-order valence-electron chi connectivity index (χ0n) is 13.2. The van der Waals surface area contributed by atoms with Gasteiger partial charge in [-0.25, -0.2) is 0 Å². The number of carbonyl (C=O) groups excluding carboxylic acids is 1. The first-order valence-corrected chi connectivity index (χ1v) is 7.58. The van der Waals surface area contributed by atoms with Crippen molar-refractivity contribution in [3.05, 3.63) is 65.2 Å². The molecular formula is C19H20N2O2. The third-order valence-corrected chi connectivity index (χ3v) is 3.42. The highest BCUT2D eigenvalue weighted by Crippen LogP contribution is 2.14. The molecule has 2 rings (SSSR count). The van der Waals surface area contributed by atoms with E-state index in [2.05, 4.69) is 36.5 Å². The van der Waals surface area contributed by atoms with E-state index in [1.165, 1.54) is 5.56 Å². The van der Waals surface area contributed by atoms with Gasteiger partial charge in [0.05, 0.1) is 6.07 Å². The lowest BCUT2D eigenvalue weighted by Gasteiger charge is -2.08. The van der Waals surface area contributed by atoms with Crippen LogP contribution in [0, 0.1) is 18.3 Å². The Morgan fingerprint density at radius 2 is 1.74 bits per heavy atom. The highest BCUT2D eigenvalue weighted by Gasteiger charge is 2.00. The van der Waals surface area contributed by atoms with Gasteiger partial charge in [0.1, 0.15) is 18.8 Å². The van der Waals surface area contributed by atoms with Gasteiger partial charge < -0.3 is 10.1 Å². The number of aryl methyl sites for hydroxylation is 1. The van der Waals surface area contributed by atoms with Crippen molar-refractivity contribution >= 4 is 5.91 Å². The maximum Gasteiger partial charge on any atom is 0.234 e. The molecule has 23 heavy (non-hydrogen) atoms. The monoisotopic (exact) mass is 308 g/mol. The molecule has 0 fully saturated rings. The molecule has 2 aromatic carbocycles. The van der Waals surface area contributed by atoms with Gasteiger partial charge in [-0.1, -0.05) is 42.0 Å². The van der Waals surface area contributed by atoms with Gasteiger partial charge in [0.15, 0.2) is 0 Å². The predicted octanol–water partition coefficient (Wildman–Crippen LogP) is 3.15. The van der Waals surface area contributed by atoms with Crippen LogP contribution in [-0.4, -0.2) is 12.5 Å². The lowest BCUT2D eigenvalue weighted by molar-refractivity contribution is -0.120. The normalized spacial score (nSPS) is 9.91. The zero-order chi connectivity index (χ0) is 16.5. The number of hydrogen-bond donors (Lipinski definition) is 1. The summed E-state index contributed by atoms with van der Waals surface area (Å²) in [4.78, 5) is 11.2. The van der Waals surface area contributed by atoms with E-state index in [4.69, 9.17) is 10.00 Å². The third-order valence-electron chi connectivity index (χ3n) is 3.42. The average Bonchev–Trinajstić information content (AvgIpc) is 2.56. The summed E-state index contributed by atoms with van der Waals surface area (Å²) in [6, 6.07) is 17.9. The summed E-state index contributed by atoms with van der Waals surface area (Å²) in [6.07, 6.45) is 0.640. The number of nitriles is 1. The number of nitrogens with zero attached hydrogens (tertiary/aromatic N) is 1. The predicted molar refractivity (Wildman–Crippen MR) is 88.9 cm³/mol. The minimum Gasteiger partial charge on any atom is -0.489 e. The minimum atomic E-state index is -0.231. The molecule has 1 amide bonds. The van der Waals surface area contributed by atoms with Crippen LogP contribution in [0.25, 0.3) is 0 Å². The van der Waals surface area contributed by atoms with E-state index in [0.29, 0.717) is 13.2 Å². The van der Waals surface area contributed by atoms with Gasteiger partial charge in [-0.2, -0.15) is 5.26 Å². The molecule has 0 unspecified atom stereocenters. The van der Waals surface area contributed by atoms with Crippen molar-refractivity contribution in [2.75, 3.05) is 6.54 Å². The fourth-order valence-corrected chi connectivity index (χ4v) is 2.08. The van der Waals surface area contributed by atoms with Crippen molar-refractivity contribution < 1.29 is 9.53 Å². The van der Waals surface area contributed by atoms with Gasteiger partial charge in [0.2, 0.25) is 5.91 Å². The fraction of sp³-hybridized carbons (Fsp3) is 0.263. The van der Waals surface area contributed by atoms with E-state index in [-0.39, 0.29) is 12.3 Å². The Labute approximate surface area is 136 Å². The lowest BCUT2D eigenvalue weighted by atomic mass is 10.1. The first-order valence-electron chi connectivity index (χ1n) is 7.58. The van der Waals surface area contributed by atoms with Crippen LogP contribution in [0.1, 0.15) is 23.1 Å². The summed E-state index contributed by atoms with van der Waals surface area (Å²) in [5, 5.41) is 11.1. The first kappa shape index (κ1) is 16.6. The largest absolute Gasteiger partial charge is 0.489 e. The Kier molecular flexibility index (Phi) is 6.19.